The summed E-state index contributed by atoms with van der Waals surface area (Å²) >= 11 is 0. The maximum Gasteiger partial charge on any atom is 0.239 e. The van der Waals surface area contributed by atoms with Crippen molar-refractivity contribution in [1.82, 2.24) is 10.3 Å². The molecule has 1 aliphatic rings. The molecule has 1 fully saturated rings. The Labute approximate surface area is 87.1 Å². The van der Waals surface area contributed by atoms with E-state index in [2.05, 4.69) is 10.3 Å². The molecule has 0 unspecified atom stereocenters. The normalized spacial score (nSPS) is 16.0. The van der Waals surface area contributed by atoms with Crippen LogP contribution >= 0.6 is 0 Å². The Morgan fingerprint density at radius 3 is 3.13 bits per heavy atom. The van der Waals surface area contributed by atoms with Crippen LogP contribution in [-0.4, -0.2) is 36.8 Å². The number of carbonyl (C=O) groups is 2. The van der Waals surface area contributed by atoms with Gasteiger partial charge >= 0.3 is 0 Å². The quantitative estimate of drug-likeness (QED) is 0.681. The first-order valence-corrected chi connectivity index (χ1v) is 4.73. The summed E-state index contributed by atoms with van der Waals surface area (Å²) in [6.45, 7) is 1.54. The van der Waals surface area contributed by atoms with Crippen LogP contribution in [0.2, 0.25) is 0 Å². The molecule has 15 heavy (non-hydrogen) atoms. The molecule has 0 aliphatic carbocycles. The van der Waals surface area contributed by atoms with Crippen LogP contribution in [0, 0.1) is 0 Å². The Morgan fingerprint density at radius 2 is 2.40 bits per heavy atom. The number of nitrogens with one attached hydrogen (secondary N) is 1. The average Bonchev–Trinajstić information content (AvgIpc) is 2.29. The van der Waals surface area contributed by atoms with Crippen molar-refractivity contribution in [2.24, 2.45) is 0 Å². The van der Waals surface area contributed by atoms with Gasteiger partial charge in [0, 0.05) is 19.3 Å². The van der Waals surface area contributed by atoms with Crippen LogP contribution in [0.3, 0.4) is 0 Å². The van der Waals surface area contributed by atoms with Gasteiger partial charge in [-0.3, -0.25) is 9.59 Å². The van der Waals surface area contributed by atoms with Crippen LogP contribution in [0.4, 0.5) is 5.82 Å². The molecule has 0 spiro atoms. The van der Waals surface area contributed by atoms with Gasteiger partial charge in [0.1, 0.15) is 5.82 Å². The van der Waals surface area contributed by atoms with Crippen LogP contribution in [0.5, 0.6) is 0 Å². The van der Waals surface area contributed by atoms with E-state index in [1.807, 2.05) is 4.90 Å². The number of hydrogen-bond acceptors (Lipinski definition) is 4. The maximum absolute atomic E-state index is 11.2. The Bertz CT molecular complexity index is 392. The number of rotatable bonds is 2. The molecule has 5 heteroatoms. The van der Waals surface area contributed by atoms with Gasteiger partial charge in [0.05, 0.1) is 12.1 Å². The van der Waals surface area contributed by atoms with Crippen LogP contribution in [0.15, 0.2) is 18.3 Å². The van der Waals surface area contributed by atoms with Gasteiger partial charge in [-0.2, -0.15) is 0 Å². The third kappa shape index (κ3) is 1.96. The first kappa shape index (κ1) is 9.64. The van der Waals surface area contributed by atoms with E-state index in [0.717, 1.165) is 6.29 Å². The highest BCUT2D eigenvalue weighted by atomic mass is 16.2. The summed E-state index contributed by atoms with van der Waals surface area (Å²) in [5.41, 5.74) is 0.521. The second kappa shape index (κ2) is 4.08. The van der Waals surface area contributed by atoms with E-state index in [4.69, 9.17) is 0 Å². The zero-order valence-corrected chi connectivity index (χ0v) is 8.14. The summed E-state index contributed by atoms with van der Waals surface area (Å²) in [6, 6.07) is 3.40. The molecule has 0 aromatic carbocycles. The van der Waals surface area contributed by atoms with Crippen molar-refractivity contribution in [3.63, 3.8) is 0 Å². The zero-order chi connectivity index (χ0) is 10.7. The summed E-state index contributed by atoms with van der Waals surface area (Å²) in [4.78, 5) is 27.9. The fourth-order valence-electron chi connectivity index (χ4n) is 1.58. The highest BCUT2D eigenvalue weighted by Gasteiger charge is 2.19. The van der Waals surface area contributed by atoms with Crippen LogP contribution < -0.4 is 10.2 Å². The van der Waals surface area contributed by atoms with E-state index in [-0.39, 0.29) is 12.5 Å². The van der Waals surface area contributed by atoms with Crippen LogP contribution in [0.25, 0.3) is 0 Å². The number of carbonyl (C=O) groups excluding carboxylic acids is 2. The Kier molecular flexibility index (Phi) is 2.62. The third-order valence-electron chi connectivity index (χ3n) is 2.28. The number of aldehydes is 1. The van der Waals surface area contributed by atoms with Gasteiger partial charge in [0.15, 0.2) is 6.29 Å². The van der Waals surface area contributed by atoms with Gasteiger partial charge < -0.3 is 10.2 Å². The molecule has 1 amide bonds. The number of aromatic nitrogens is 1. The number of anilines is 1. The van der Waals surface area contributed by atoms with E-state index < -0.39 is 0 Å². The molecule has 1 saturated heterocycles. The predicted octanol–water partition coefficient (Wildman–Crippen LogP) is -0.170. The van der Waals surface area contributed by atoms with Crippen molar-refractivity contribution in [2.75, 3.05) is 24.5 Å². The van der Waals surface area contributed by atoms with Crippen molar-refractivity contribution in [1.29, 1.82) is 0 Å². The minimum absolute atomic E-state index is 0.0382. The van der Waals surface area contributed by atoms with E-state index in [0.29, 0.717) is 24.5 Å². The summed E-state index contributed by atoms with van der Waals surface area (Å²) in [5, 5.41) is 2.72. The molecule has 2 rings (SSSR count). The summed E-state index contributed by atoms with van der Waals surface area (Å²) in [6.07, 6.45) is 2.38. The number of hydrogen-bond donors (Lipinski definition) is 1. The molecule has 2 heterocycles. The molecule has 0 bridgehead atoms. The highest BCUT2D eigenvalue weighted by Crippen LogP contribution is 2.15. The van der Waals surface area contributed by atoms with Crippen molar-refractivity contribution in [3.8, 4) is 0 Å². The highest BCUT2D eigenvalue weighted by molar-refractivity contribution is 5.87. The molecule has 1 N–H and O–H groups in total. The summed E-state index contributed by atoms with van der Waals surface area (Å²) in [7, 11) is 0. The van der Waals surface area contributed by atoms with Crippen molar-refractivity contribution in [3.05, 3.63) is 23.9 Å². The monoisotopic (exact) mass is 205 g/mol. The minimum atomic E-state index is -0.0382. The van der Waals surface area contributed by atoms with Gasteiger partial charge in [-0.1, -0.05) is 0 Å². The summed E-state index contributed by atoms with van der Waals surface area (Å²) < 4.78 is 0. The van der Waals surface area contributed by atoms with E-state index in [1.165, 1.54) is 0 Å². The van der Waals surface area contributed by atoms with Gasteiger partial charge in [-0.05, 0) is 12.1 Å². The molecule has 1 aromatic rings. The van der Waals surface area contributed by atoms with Gasteiger partial charge in [-0.15, -0.1) is 0 Å². The lowest BCUT2D eigenvalue weighted by molar-refractivity contribution is -0.120. The van der Waals surface area contributed by atoms with E-state index in [1.54, 1.807) is 18.3 Å². The van der Waals surface area contributed by atoms with E-state index >= 15 is 0 Å². The Balaban J connectivity index is 2.27. The molecule has 1 aromatic heterocycles. The predicted molar refractivity (Wildman–Crippen MR) is 54.8 cm³/mol. The molecule has 1 aliphatic heterocycles. The number of piperazine rings is 1. The smallest absolute Gasteiger partial charge is 0.239 e. The lowest BCUT2D eigenvalue weighted by Crippen LogP contribution is -2.48. The van der Waals surface area contributed by atoms with Gasteiger partial charge in [0.2, 0.25) is 5.91 Å². The SMILES string of the molecule is O=Cc1cccnc1N1CCNC(=O)C1. The van der Waals surface area contributed by atoms with Crippen molar-refractivity contribution < 1.29 is 9.59 Å². The van der Waals surface area contributed by atoms with Gasteiger partial charge in [-0.25, -0.2) is 4.98 Å². The standard InChI is InChI=1S/C10H11N3O2/c14-7-8-2-1-3-12-10(8)13-5-4-11-9(15)6-13/h1-3,7H,4-6H2,(H,11,15). The first-order valence-electron chi connectivity index (χ1n) is 4.73. The lowest BCUT2D eigenvalue weighted by atomic mass is 10.2. The molecular formula is C10H11N3O2. The number of pyridine rings is 1. The van der Waals surface area contributed by atoms with Crippen LogP contribution in [0.1, 0.15) is 10.4 Å². The van der Waals surface area contributed by atoms with Gasteiger partial charge in [0.25, 0.3) is 0 Å². The van der Waals surface area contributed by atoms with Crippen molar-refractivity contribution >= 4 is 18.0 Å². The molecule has 0 radical (unpaired) electrons. The Morgan fingerprint density at radius 1 is 1.53 bits per heavy atom. The molecule has 78 valence electrons. The second-order valence-corrected chi connectivity index (χ2v) is 3.31. The third-order valence-corrected chi connectivity index (χ3v) is 2.28. The maximum atomic E-state index is 11.2. The fraction of sp³-hybridized carbons (Fsp3) is 0.300. The molecule has 5 nitrogen and oxygen atoms in total. The van der Waals surface area contributed by atoms with Crippen molar-refractivity contribution in [2.45, 2.75) is 0 Å². The Hall–Kier alpha value is -1.91. The zero-order valence-electron chi connectivity index (χ0n) is 8.14. The lowest BCUT2D eigenvalue weighted by Gasteiger charge is -2.28. The molecule has 0 atom stereocenters. The molecular weight excluding hydrogens is 194 g/mol. The molecule has 0 saturated carbocycles. The fourth-order valence-corrected chi connectivity index (χ4v) is 1.58. The topological polar surface area (TPSA) is 62.3 Å². The largest absolute Gasteiger partial charge is 0.353 e. The number of amides is 1. The second-order valence-electron chi connectivity index (χ2n) is 3.31. The average molecular weight is 205 g/mol. The number of nitrogens with zero attached hydrogens (tertiary/aromatic N) is 2. The van der Waals surface area contributed by atoms with E-state index in [9.17, 15) is 9.59 Å². The van der Waals surface area contributed by atoms with Crippen LogP contribution in [-0.2, 0) is 4.79 Å². The minimum Gasteiger partial charge on any atom is -0.353 e. The summed E-state index contributed by atoms with van der Waals surface area (Å²) in [5.74, 6) is 0.547. The first-order chi connectivity index (χ1) is 7.31.